The molecule has 0 radical (unpaired) electrons. The Bertz CT molecular complexity index is 389. The van der Waals surface area contributed by atoms with Crippen molar-refractivity contribution >= 4 is 11.9 Å². The van der Waals surface area contributed by atoms with Crippen LogP contribution in [0.5, 0.6) is 0 Å². The molecule has 18 heavy (non-hydrogen) atoms. The number of nitrogens with one attached hydrogen (secondary N) is 2. The number of aromatic amines is 1. The minimum absolute atomic E-state index is 0.0772. The largest absolute Gasteiger partial charge is 0.480 e. The number of nitrogens with zero attached hydrogens (tertiary/aromatic N) is 1. The third-order valence-electron chi connectivity index (χ3n) is 2.16. The molecule has 100 valence electrons. The van der Waals surface area contributed by atoms with Gasteiger partial charge in [0.1, 0.15) is 12.6 Å². The molecule has 7 nitrogen and oxygen atoms in total. The van der Waals surface area contributed by atoms with Gasteiger partial charge in [0.05, 0.1) is 12.4 Å². The first-order chi connectivity index (χ1) is 8.49. The summed E-state index contributed by atoms with van der Waals surface area (Å²) < 4.78 is 5.09. The van der Waals surface area contributed by atoms with Gasteiger partial charge in [0.2, 0.25) is 5.91 Å². The molecule has 3 N–H and O–H groups in total. The monoisotopic (exact) mass is 255 g/mol. The van der Waals surface area contributed by atoms with Gasteiger partial charge in [-0.05, 0) is 13.8 Å². The van der Waals surface area contributed by atoms with Crippen LogP contribution in [0.2, 0.25) is 0 Å². The number of aromatic nitrogens is 2. The summed E-state index contributed by atoms with van der Waals surface area (Å²) in [5.74, 6) is -1.54. The second-order valence-corrected chi connectivity index (χ2v) is 4.10. The van der Waals surface area contributed by atoms with E-state index >= 15 is 0 Å². The molecular weight excluding hydrogens is 238 g/mol. The van der Waals surface area contributed by atoms with E-state index in [1.165, 1.54) is 12.5 Å². The van der Waals surface area contributed by atoms with Crippen LogP contribution in [0.1, 0.15) is 19.5 Å². The third-order valence-corrected chi connectivity index (χ3v) is 2.16. The summed E-state index contributed by atoms with van der Waals surface area (Å²) >= 11 is 0. The first kappa shape index (κ1) is 14.2. The maximum Gasteiger partial charge on any atom is 0.326 e. The van der Waals surface area contributed by atoms with Crippen molar-refractivity contribution in [3.8, 4) is 0 Å². The maximum atomic E-state index is 11.5. The number of imidazole rings is 1. The van der Waals surface area contributed by atoms with Crippen molar-refractivity contribution in [1.29, 1.82) is 0 Å². The molecule has 0 aliphatic rings. The van der Waals surface area contributed by atoms with Crippen LogP contribution in [0.15, 0.2) is 12.5 Å². The van der Waals surface area contributed by atoms with E-state index in [-0.39, 0.29) is 19.1 Å². The van der Waals surface area contributed by atoms with Crippen LogP contribution in [0, 0.1) is 0 Å². The van der Waals surface area contributed by atoms with Crippen molar-refractivity contribution in [3.05, 3.63) is 18.2 Å². The number of hydrogen-bond acceptors (Lipinski definition) is 4. The lowest BCUT2D eigenvalue weighted by molar-refractivity contribution is -0.142. The van der Waals surface area contributed by atoms with Crippen molar-refractivity contribution in [2.24, 2.45) is 0 Å². The molecule has 0 aliphatic heterocycles. The van der Waals surface area contributed by atoms with Crippen molar-refractivity contribution in [2.45, 2.75) is 32.4 Å². The Morgan fingerprint density at radius 2 is 2.28 bits per heavy atom. The second-order valence-electron chi connectivity index (χ2n) is 4.10. The third kappa shape index (κ3) is 4.96. The molecule has 0 aliphatic carbocycles. The van der Waals surface area contributed by atoms with Gasteiger partial charge < -0.3 is 20.1 Å². The van der Waals surface area contributed by atoms with Crippen LogP contribution in [0.25, 0.3) is 0 Å². The molecule has 0 bridgehead atoms. The lowest BCUT2D eigenvalue weighted by Gasteiger charge is -2.14. The van der Waals surface area contributed by atoms with E-state index in [0.717, 1.165) is 0 Å². The standard InChI is InChI=1S/C11H17N3O4/c1-7(2)18-5-10(15)14-9(11(16)17)3-8-4-12-6-13-8/h4,6-7,9H,3,5H2,1-2H3,(H,12,13)(H,14,15)(H,16,17). The lowest BCUT2D eigenvalue weighted by atomic mass is 10.1. The van der Waals surface area contributed by atoms with Crippen molar-refractivity contribution in [3.63, 3.8) is 0 Å². The highest BCUT2D eigenvalue weighted by atomic mass is 16.5. The van der Waals surface area contributed by atoms with Crippen molar-refractivity contribution in [1.82, 2.24) is 15.3 Å². The van der Waals surface area contributed by atoms with Crippen molar-refractivity contribution in [2.75, 3.05) is 6.61 Å². The van der Waals surface area contributed by atoms with Gasteiger partial charge in [0.15, 0.2) is 0 Å². The summed E-state index contributed by atoms with van der Waals surface area (Å²) in [4.78, 5) is 29.1. The molecule has 1 rings (SSSR count). The van der Waals surface area contributed by atoms with Gasteiger partial charge in [0.25, 0.3) is 0 Å². The topological polar surface area (TPSA) is 104 Å². The molecule has 0 saturated carbocycles. The molecule has 7 heteroatoms. The van der Waals surface area contributed by atoms with Gasteiger partial charge in [-0.3, -0.25) is 4.79 Å². The Hall–Kier alpha value is -1.89. The number of rotatable bonds is 7. The van der Waals surface area contributed by atoms with Crippen LogP contribution in [-0.2, 0) is 20.7 Å². The van der Waals surface area contributed by atoms with Gasteiger partial charge in [-0.15, -0.1) is 0 Å². The van der Waals surface area contributed by atoms with Gasteiger partial charge in [-0.2, -0.15) is 0 Å². The van der Waals surface area contributed by atoms with Gasteiger partial charge in [0, 0.05) is 18.3 Å². The fourth-order valence-electron chi connectivity index (χ4n) is 1.29. The first-order valence-electron chi connectivity index (χ1n) is 5.60. The van der Waals surface area contributed by atoms with Gasteiger partial charge in [-0.25, -0.2) is 9.78 Å². The second kappa shape index (κ2) is 6.75. The van der Waals surface area contributed by atoms with E-state index in [4.69, 9.17) is 9.84 Å². The Morgan fingerprint density at radius 1 is 1.56 bits per heavy atom. The fraction of sp³-hybridized carbons (Fsp3) is 0.545. The fourth-order valence-corrected chi connectivity index (χ4v) is 1.29. The number of hydrogen-bond donors (Lipinski definition) is 3. The van der Waals surface area contributed by atoms with E-state index in [0.29, 0.717) is 5.69 Å². The Balaban J connectivity index is 2.48. The van der Waals surface area contributed by atoms with Crippen LogP contribution >= 0.6 is 0 Å². The quantitative estimate of drug-likeness (QED) is 0.633. The summed E-state index contributed by atoms with van der Waals surface area (Å²) in [5, 5.41) is 11.4. The van der Waals surface area contributed by atoms with Crippen LogP contribution < -0.4 is 5.32 Å². The highest BCUT2D eigenvalue weighted by Crippen LogP contribution is 1.99. The van der Waals surface area contributed by atoms with Crippen LogP contribution in [0.4, 0.5) is 0 Å². The Kier molecular flexibility index (Phi) is 5.31. The molecule has 1 unspecified atom stereocenters. The minimum atomic E-state index is -1.09. The highest BCUT2D eigenvalue weighted by Gasteiger charge is 2.21. The van der Waals surface area contributed by atoms with Crippen LogP contribution in [0.3, 0.4) is 0 Å². The number of carbonyl (C=O) groups is 2. The average Bonchev–Trinajstić information content (AvgIpc) is 2.78. The van der Waals surface area contributed by atoms with E-state index < -0.39 is 17.9 Å². The zero-order chi connectivity index (χ0) is 13.5. The molecule has 0 spiro atoms. The molecular formula is C11H17N3O4. The van der Waals surface area contributed by atoms with Gasteiger partial charge in [-0.1, -0.05) is 0 Å². The van der Waals surface area contributed by atoms with E-state index in [1.807, 2.05) is 0 Å². The average molecular weight is 255 g/mol. The number of carbonyl (C=O) groups excluding carboxylic acids is 1. The number of ether oxygens (including phenoxy) is 1. The Morgan fingerprint density at radius 3 is 2.78 bits per heavy atom. The molecule has 1 heterocycles. The summed E-state index contributed by atoms with van der Waals surface area (Å²) in [6, 6.07) is -0.992. The summed E-state index contributed by atoms with van der Waals surface area (Å²) in [7, 11) is 0. The summed E-state index contributed by atoms with van der Waals surface area (Å²) in [6.07, 6.45) is 3.06. The molecule has 0 fully saturated rings. The number of amides is 1. The summed E-state index contributed by atoms with van der Waals surface area (Å²) in [5.41, 5.74) is 0.646. The van der Waals surface area contributed by atoms with Crippen LogP contribution in [-0.4, -0.2) is 45.7 Å². The highest BCUT2D eigenvalue weighted by molar-refractivity contribution is 5.84. The molecule has 1 amide bonds. The normalized spacial score (nSPS) is 12.4. The number of carboxylic acid groups (broad SMARTS) is 1. The zero-order valence-electron chi connectivity index (χ0n) is 10.3. The SMILES string of the molecule is CC(C)OCC(=O)NC(Cc1cnc[nH]1)C(=O)O. The number of aliphatic carboxylic acids is 1. The zero-order valence-corrected chi connectivity index (χ0v) is 10.3. The molecule has 1 aromatic rings. The van der Waals surface area contributed by atoms with E-state index in [2.05, 4.69) is 15.3 Å². The predicted molar refractivity (Wildman–Crippen MR) is 62.9 cm³/mol. The predicted octanol–water partition coefficient (Wildman–Crippen LogP) is -0.0534. The first-order valence-corrected chi connectivity index (χ1v) is 5.60. The number of carboxylic acids is 1. The molecule has 0 aromatic carbocycles. The molecule has 1 aromatic heterocycles. The van der Waals surface area contributed by atoms with E-state index in [9.17, 15) is 9.59 Å². The Labute approximate surface area is 105 Å². The smallest absolute Gasteiger partial charge is 0.326 e. The lowest BCUT2D eigenvalue weighted by Crippen LogP contribution is -2.44. The summed E-state index contributed by atoms with van der Waals surface area (Å²) in [6.45, 7) is 3.45. The van der Waals surface area contributed by atoms with Crippen molar-refractivity contribution < 1.29 is 19.4 Å². The molecule has 0 saturated heterocycles. The van der Waals surface area contributed by atoms with E-state index in [1.54, 1.807) is 13.8 Å². The maximum absolute atomic E-state index is 11.5. The number of H-pyrrole nitrogens is 1. The minimum Gasteiger partial charge on any atom is -0.480 e. The van der Waals surface area contributed by atoms with Gasteiger partial charge >= 0.3 is 5.97 Å². The molecule has 1 atom stereocenters.